The molecule has 0 unspecified atom stereocenters. The number of carboxylic acid groups (broad SMARTS) is 1. The summed E-state index contributed by atoms with van der Waals surface area (Å²) >= 11 is 0. The first-order chi connectivity index (χ1) is 12.8. The molecule has 0 bridgehead atoms. The van der Waals surface area contributed by atoms with Gasteiger partial charge in [-0.2, -0.15) is 0 Å². The van der Waals surface area contributed by atoms with E-state index in [0.29, 0.717) is 6.42 Å². The molecule has 0 heterocycles. The third-order valence-electron chi connectivity index (χ3n) is 3.38. The van der Waals surface area contributed by atoms with Crippen LogP contribution in [0.1, 0.15) is 25.8 Å². The maximum Gasteiger partial charge on any atom is 0.407 e. The van der Waals surface area contributed by atoms with Crippen LogP contribution in [-0.4, -0.2) is 48.1 Å². The van der Waals surface area contributed by atoms with E-state index in [4.69, 9.17) is 9.84 Å². The number of hydrogen-bond acceptors (Lipinski definition) is 5. The first-order valence-electron chi connectivity index (χ1n) is 8.51. The highest BCUT2D eigenvalue weighted by Crippen LogP contribution is 2.05. The van der Waals surface area contributed by atoms with Crippen LogP contribution < -0.4 is 16.0 Å². The largest absolute Gasteiger partial charge is 0.480 e. The molecule has 1 atom stereocenters. The van der Waals surface area contributed by atoms with Gasteiger partial charge in [0, 0.05) is 0 Å². The monoisotopic (exact) mass is 379 g/mol. The molecular weight excluding hydrogens is 354 g/mol. The molecule has 1 rings (SSSR count). The molecule has 1 aromatic rings. The van der Waals surface area contributed by atoms with Crippen molar-refractivity contribution in [1.82, 2.24) is 16.0 Å². The summed E-state index contributed by atoms with van der Waals surface area (Å²) in [5.74, 6) is -2.26. The van der Waals surface area contributed by atoms with E-state index in [0.717, 1.165) is 5.56 Å². The van der Waals surface area contributed by atoms with Gasteiger partial charge >= 0.3 is 12.1 Å². The molecule has 0 radical (unpaired) electrons. The highest BCUT2D eigenvalue weighted by atomic mass is 16.5. The van der Waals surface area contributed by atoms with Crippen LogP contribution in [0.2, 0.25) is 0 Å². The van der Waals surface area contributed by atoms with Crippen LogP contribution in [0.3, 0.4) is 0 Å². The Morgan fingerprint density at radius 3 is 2.30 bits per heavy atom. The molecule has 0 aliphatic heterocycles. The third kappa shape index (κ3) is 9.83. The van der Waals surface area contributed by atoms with Crippen molar-refractivity contribution < 1.29 is 29.0 Å². The van der Waals surface area contributed by atoms with Gasteiger partial charge in [0.05, 0.1) is 0 Å². The number of aliphatic carboxylic acids is 1. The van der Waals surface area contributed by atoms with Crippen molar-refractivity contribution in [2.24, 2.45) is 5.92 Å². The van der Waals surface area contributed by atoms with Gasteiger partial charge in [0.25, 0.3) is 0 Å². The molecule has 0 spiro atoms. The molecule has 148 valence electrons. The highest BCUT2D eigenvalue weighted by Gasteiger charge is 2.22. The van der Waals surface area contributed by atoms with Crippen molar-refractivity contribution in [2.45, 2.75) is 32.9 Å². The summed E-state index contributed by atoms with van der Waals surface area (Å²) in [6, 6.07) is 8.17. The maximum atomic E-state index is 12.0. The summed E-state index contributed by atoms with van der Waals surface area (Å²) < 4.78 is 4.99. The average Bonchev–Trinajstić information content (AvgIpc) is 2.62. The van der Waals surface area contributed by atoms with Gasteiger partial charge in [0.2, 0.25) is 11.8 Å². The predicted molar refractivity (Wildman–Crippen MR) is 96.7 cm³/mol. The molecule has 1 aromatic carbocycles. The molecule has 9 nitrogen and oxygen atoms in total. The molecule has 9 heteroatoms. The van der Waals surface area contributed by atoms with Gasteiger partial charge in [0.15, 0.2) is 0 Å². The van der Waals surface area contributed by atoms with Crippen LogP contribution in [0.15, 0.2) is 30.3 Å². The highest BCUT2D eigenvalue weighted by molar-refractivity contribution is 5.90. The van der Waals surface area contributed by atoms with Gasteiger partial charge in [-0.1, -0.05) is 44.2 Å². The number of carbonyl (C=O) groups excluding carboxylic acids is 3. The van der Waals surface area contributed by atoms with Crippen molar-refractivity contribution in [2.75, 3.05) is 13.1 Å². The summed E-state index contributed by atoms with van der Waals surface area (Å²) in [7, 11) is 0. The Morgan fingerprint density at radius 1 is 1.04 bits per heavy atom. The fourth-order valence-electron chi connectivity index (χ4n) is 2.16. The number of rotatable bonds is 10. The normalized spacial score (nSPS) is 11.4. The predicted octanol–water partition coefficient (Wildman–Crippen LogP) is 0.645. The van der Waals surface area contributed by atoms with Gasteiger partial charge in [-0.25, -0.2) is 4.79 Å². The maximum absolute atomic E-state index is 12.0. The second kappa shape index (κ2) is 11.5. The van der Waals surface area contributed by atoms with Crippen LogP contribution in [0.4, 0.5) is 4.79 Å². The number of carbonyl (C=O) groups is 4. The molecule has 4 N–H and O–H groups in total. The number of hydrogen-bond donors (Lipinski definition) is 4. The first kappa shape index (κ1) is 21.9. The lowest BCUT2D eigenvalue weighted by Gasteiger charge is -2.19. The number of carboxylic acids is 1. The smallest absolute Gasteiger partial charge is 0.407 e. The van der Waals surface area contributed by atoms with Gasteiger partial charge in [0.1, 0.15) is 25.7 Å². The van der Waals surface area contributed by atoms with Crippen LogP contribution in [-0.2, 0) is 25.7 Å². The summed E-state index contributed by atoms with van der Waals surface area (Å²) in [6.45, 7) is 2.90. The second-order valence-corrected chi connectivity index (χ2v) is 6.28. The Hall–Kier alpha value is -3.10. The van der Waals surface area contributed by atoms with E-state index in [1.165, 1.54) is 0 Å². The zero-order valence-electron chi connectivity index (χ0n) is 15.4. The fourth-order valence-corrected chi connectivity index (χ4v) is 2.16. The Labute approximate surface area is 157 Å². The lowest BCUT2D eigenvalue weighted by molar-refractivity contribution is -0.138. The van der Waals surface area contributed by atoms with Gasteiger partial charge in [-0.05, 0) is 17.9 Å². The molecule has 0 aliphatic carbocycles. The minimum absolute atomic E-state index is 0.0713. The van der Waals surface area contributed by atoms with E-state index in [2.05, 4.69) is 16.0 Å². The van der Waals surface area contributed by atoms with E-state index < -0.39 is 36.5 Å². The lowest BCUT2D eigenvalue weighted by Crippen LogP contribution is -2.50. The second-order valence-electron chi connectivity index (χ2n) is 6.28. The minimum Gasteiger partial charge on any atom is -0.480 e. The average molecular weight is 379 g/mol. The Balaban J connectivity index is 2.42. The van der Waals surface area contributed by atoms with E-state index in [1.807, 2.05) is 32.0 Å². The van der Waals surface area contributed by atoms with Crippen LogP contribution in [0.25, 0.3) is 0 Å². The Kier molecular flexibility index (Phi) is 9.35. The summed E-state index contributed by atoms with van der Waals surface area (Å²) in [6.07, 6.45) is -0.430. The first-order valence-corrected chi connectivity index (χ1v) is 8.51. The van der Waals surface area contributed by atoms with Crippen molar-refractivity contribution in [3.63, 3.8) is 0 Å². The lowest BCUT2D eigenvalue weighted by atomic mass is 10.0. The standard InChI is InChI=1S/C18H25N3O6/c1-12(2)8-14(17(25)19-10-16(23)24)21-15(22)9-20-18(26)27-11-13-6-4-3-5-7-13/h3-7,12,14H,8-11H2,1-2H3,(H,19,25)(H,20,26)(H,21,22)(H,23,24)/t14-/m0/s1. The van der Waals surface area contributed by atoms with Gasteiger partial charge < -0.3 is 25.8 Å². The molecule has 0 aromatic heterocycles. The summed E-state index contributed by atoms with van der Waals surface area (Å²) in [5.41, 5.74) is 0.809. The number of nitrogens with one attached hydrogen (secondary N) is 3. The molecular formula is C18H25N3O6. The Morgan fingerprint density at radius 2 is 1.70 bits per heavy atom. The quantitative estimate of drug-likeness (QED) is 0.471. The SMILES string of the molecule is CC(C)C[C@H](NC(=O)CNC(=O)OCc1ccccc1)C(=O)NCC(=O)O. The number of benzene rings is 1. The van der Waals surface area contributed by atoms with Crippen molar-refractivity contribution in [1.29, 1.82) is 0 Å². The van der Waals surface area contributed by atoms with Crippen molar-refractivity contribution in [3.8, 4) is 0 Å². The minimum atomic E-state index is -1.18. The molecule has 0 saturated carbocycles. The molecule has 27 heavy (non-hydrogen) atoms. The zero-order valence-corrected chi connectivity index (χ0v) is 15.4. The van der Waals surface area contributed by atoms with Crippen LogP contribution >= 0.6 is 0 Å². The van der Waals surface area contributed by atoms with Crippen molar-refractivity contribution in [3.05, 3.63) is 35.9 Å². The van der Waals surface area contributed by atoms with E-state index in [-0.39, 0.29) is 19.1 Å². The fraction of sp³-hybridized carbons (Fsp3) is 0.444. The summed E-state index contributed by atoms with van der Waals surface area (Å²) in [4.78, 5) is 46.2. The topological polar surface area (TPSA) is 134 Å². The van der Waals surface area contributed by atoms with E-state index in [1.54, 1.807) is 12.1 Å². The molecule has 0 aliphatic rings. The van der Waals surface area contributed by atoms with Crippen LogP contribution in [0, 0.1) is 5.92 Å². The summed E-state index contributed by atoms with van der Waals surface area (Å²) in [5, 5.41) is 15.6. The molecule has 3 amide bonds. The molecule has 0 fully saturated rings. The van der Waals surface area contributed by atoms with Gasteiger partial charge in [-0.15, -0.1) is 0 Å². The number of alkyl carbamates (subject to hydrolysis) is 1. The van der Waals surface area contributed by atoms with Crippen molar-refractivity contribution >= 4 is 23.9 Å². The molecule has 0 saturated heterocycles. The van der Waals surface area contributed by atoms with Gasteiger partial charge in [-0.3, -0.25) is 14.4 Å². The number of ether oxygens (including phenoxy) is 1. The third-order valence-corrected chi connectivity index (χ3v) is 3.38. The van der Waals surface area contributed by atoms with Crippen LogP contribution in [0.5, 0.6) is 0 Å². The van der Waals surface area contributed by atoms with E-state index >= 15 is 0 Å². The zero-order chi connectivity index (χ0) is 20.2. The van der Waals surface area contributed by atoms with E-state index in [9.17, 15) is 19.2 Å². The number of amides is 3. The Bertz CT molecular complexity index is 648.